The van der Waals surface area contributed by atoms with Crippen molar-refractivity contribution < 1.29 is 23.9 Å². The molecule has 172 valence electrons. The summed E-state index contributed by atoms with van der Waals surface area (Å²) in [6.07, 6.45) is 2.21. The lowest BCUT2D eigenvalue weighted by Gasteiger charge is -2.35. The number of hydrogen-bond donors (Lipinski definition) is 1. The van der Waals surface area contributed by atoms with Crippen molar-refractivity contribution in [3.8, 4) is 6.07 Å². The summed E-state index contributed by atoms with van der Waals surface area (Å²) in [5, 5.41) is 12.4. The first-order valence-corrected chi connectivity index (χ1v) is 11.4. The van der Waals surface area contributed by atoms with Crippen LogP contribution < -0.4 is 5.32 Å². The van der Waals surface area contributed by atoms with Gasteiger partial charge in [-0.2, -0.15) is 5.26 Å². The first kappa shape index (κ1) is 24.1. The fourth-order valence-corrected chi connectivity index (χ4v) is 4.90. The van der Waals surface area contributed by atoms with Gasteiger partial charge in [0.1, 0.15) is 17.7 Å². The lowest BCUT2D eigenvalue weighted by molar-refractivity contribution is -0.128. The van der Waals surface area contributed by atoms with Gasteiger partial charge in [-0.1, -0.05) is 6.07 Å². The molecule has 32 heavy (non-hydrogen) atoms. The zero-order valence-corrected chi connectivity index (χ0v) is 20.3. The molecule has 4 atom stereocenters. The second-order valence-electron chi connectivity index (χ2n) is 9.26. The number of methoxy groups -OCH3 is 1. The molecule has 1 N–H and O–H groups in total. The third-order valence-electron chi connectivity index (χ3n) is 5.81. The van der Waals surface area contributed by atoms with Gasteiger partial charge in [0.2, 0.25) is 5.91 Å². The van der Waals surface area contributed by atoms with Crippen molar-refractivity contribution in [1.29, 1.82) is 5.26 Å². The molecule has 0 radical (unpaired) electrons. The zero-order valence-electron chi connectivity index (χ0n) is 18.7. The Morgan fingerprint density at radius 2 is 2.03 bits per heavy atom. The van der Waals surface area contributed by atoms with Crippen LogP contribution in [-0.4, -0.2) is 53.7 Å². The molecular weight excluding hydrogens is 478 g/mol. The van der Waals surface area contributed by atoms with Crippen molar-refractivity contribution in [1.82, 2.24) is 10.2 Å². The predicted molar refractivity (Wildman–Crippen MR) is 120 cm³/mol. The highest BCUT2D eigenvalue weighted by Gasteiger charge is 2.52. The van der Waals surface area contributed by atoms with Crippen molar-refractivity contribution in [2.45, 2.75) is 70.2 Å². The van der Waals surface area contributed by atoms with E-state index >= 15 is 0 Å². The van der Waals surface area contributed by atoms with Gasteiger partial charge in [0.15, 0.2) is 0 Å². The Bertz CT molecular complexity index is 952. The Labute approximate surface area is 196 Å². The second-order valence-corrected chi connectivity index (χ2v) is 10.1. The van der Waals surface area contributed by atoms with E-state index in [2.05, 4.69) is 27.3 Å². The van der Waals surface area contributed by atoms with Crippen molar-refractivity contribution in [3.05, 3.63) is 33.8 Å². The number of fused-ring (bicyclic) bond motifs is 2. The maximum Gasteiger partial charge on any atom is 0.411 e. The molecular formula is C23H28BrN3O5. The molecule has 1 aliphatic heterocycles. The number of hydrogen-bond acceptors (Lipinski definition) is 6. The topological polar surface area (TPSA) is 109 Å². The van der Waals surface area contributed by atoms with E-state index < -0.39 is 29.7 Å². The molecule has 0 spiro atoms. The standard InChI is InChI=1S/C23H28BrN3O5/c1-23(2,3)32-22(30)27-16-7-6-14(11-16)19(27)20(28)26-15(12-25)9-13-5-8-18(24)17(10-13)21(29)31-4/h5,8,10,14-16,19H,6-7,9,11H2,1-4H3,(H,26,28)/t14?,15?,16?,19-/m0/s1. The van der Waals surface area contributed by atoms with E-state index in [-0.39, 0.29) is 24.3 Å². The van der Waals surface area contributed by atoms with Gasteiger partial charge in [0.25, 0.3) is 0 Å². The molecule has 1 aliphatic carbocycles. The van der Waals surface area contributed by atoms with Gasteiger partial charge >= 0.3 is 12.1 Å². The molecule has 1 aromatic rings. The van der Waals surface area contributed by atoms with E-state index in [4.69, 9.17) is 9.47 Å². The van der Waals surface area contributed by atoms with E-state index in [0.717, 1.165) is 19.3 Å². The summed E-state index contributed by atoms with van der Waals surface area (Å²) in [6.45, 7) is 5.38. The van der Waals surface area contributed by atoms with Crippen LogP contribution in [-0.2, 0) is 20.7 Å². The minimum Gasteiger partial charge on any atom is -0.465 e. The maximum atomic E-state index is 13.2. The molecule has 2 aliphatic rings. The SMILES string of the molecule is COC(=O)c1cc(CC(C#N)NC(=O)[C@@H]2C3CCC(C3)N2C(=O)OC(C)(C)C)ccc1Br. The highest BCUT2D eigenvalue weighted by molar-refractivity contribution is 9.10. The molecule has 2 amide bonds. The van der Waals surface area contributed by atoms with E-state index in [9.17, 15) is 19.6 Å². The smallest absolute Gasteiger partial charge is 0.411 e. The van der Waals surface area contributed by atoms with Crippen LogP contribution in [0.4, 0.5) is 4.79 Å². The number of halogens is 1. The number of ether oxygens (including phenoxy) is 2. The summed E-state index contributed by atoms with van der Waals surface area (Å²) in [5.74, 6) is -0.781. The summed E-state index contributed by atoms with van der Waals surface area (Å²) in [6, 6.07) is 5.76. The number of amides is 2. The van der Waals surface area contributed by atoms with Crippen LogP contribution in [0.5, 0.6) is 0 Å². The highest BCUT2D eigenvalue weighted by Crippen LogP contribution is 2.43. The highest BCUT2D eigenvalue weighted by atomic mass is 79.9. The molecule has 2 fully saturated rings. The van der Waals surface area contributed by atoms with Crippen molar-refractivity contribution >= 4 is 33.9 Å². The number of carbonyl (C=O) groups excluding carboxylic acids is 3. The summed E-state index contributed by atoms with van der Waals surface area (Å²) in [7, 11) is 1.30. The Kier molecular flexibility index (Phi) is 7.13. The van der Waals surface area contributed by atoms with Crippen molar-refractivity contribution in [2.24, 2.45) is 5.92 Å². The molecule has 1 aromatic carbocycles. The largest absolute Gasteiger partial charge is 0.465 e. The van der Waals surface area contributed by atoms with Gasteiger partial charge in [0.05, 0.1) is 18.7 Å². The molecule has 2 bridgehead atoms. The number of carbonyl (C=O) groups is 3. The Hall–Kier alpha value is -2.60. The van der Waals surface area contributed by atoms with Gasteiger partial charge < -0.3 is 14.8 Å². The number of nitrogens with zero attached hydrogens (tertiary/aromatic N) is 2. The molecule has 1 heterocycles. The molecule has 9 heteroatoms. The van der Waals surface area contributed by atoms with E-state index in [0.29, 0.717) is 15.6 Å². The fraction of sp³-hybridized carbons (Fsp3) is 0.565. The van der Waals surface area contributed by atoms with Crippen LogP contribution in [0.15, 0.2) is 22.7 Å². The maximum absolute atomic E-state index is 13.2. The number of rotatable bonds is 5. The number of nitriles is 1. The van der Waals surface area contributed by atoms with Gasteiger partial charge in [-0.05, 0) is 79.6 Å². The van der Waals surface area contributed by atoms with Crippen LogP contribution in [0.1, 0.15) is 56.0 Å². The molecule has 1 saturated heterocycles. The van der Waals surface area contributed by atoms with Crippen LogP contribution >= 0.6 is 15.9 Å². The van der Waals surface area contributed by atoms with Gasteiger partial charge in [-0.15, -0.1) is 0 Å². The quantitative estimate of drug-likeness (QED) is 0.612. The molecule has 3 rings (SSSR count). The Morgan fingerprint density at radius 1 is 1.31 bits per heavy atom. The Balaban J connectivity index is 1.72. The summed E-state index contributed by atoms with van der Waals surface area (Å²) in [4.78, 5) is 39.4. The predicted octanol–water partition coefficient (Wildman–Crippen LogP) is 3.57. The minimum absolute atomic E-state index is 0.0137. The third kappa shape index (κ3) is 5.23. The van der Waals surface area contributed by atoms with Crippen LogP contribution in [0.25, 0.3) is 0 Å². The first-order chi connectivity index (χ1) is 15.0. The summed E-state index contributed by atoms with van der Waals surface area (Å²) in [5.41, 5.74) is 0.392. The monoisotopic (exact) mass is 505 g/mol. The lowest BCUT2D eigenvalue weighted by atomic mass is 9.97. The molecule has 1 saturated carbocycles. The van der Waals surface area contributed by atoms with E-state index in [1.807, 2.05) is 0 Å². The number of benzene rings is 1. The second kappa shape index (κ2) is 9.49. The fourth-order valence-electron chi connectivity index (χ4n) is 4.49. The Morgan fingerprint density at radius 3 is 2.66 bits per heavy atom. The van der Waals surface area contributed by atoms with Crippen LogP contribution in [0, 0.1) is 17.2 Å². The van der Waals surface area contributed by atoms with Crippen LogP contribution in [0.3, 0.4) is 0 Å². The normalized spacial score (nSPS) is 22.8. The number of nitrogens with one attached hydrogen (secondary N) is 1. The average Bonchev–Trinajstić information content (AvgIpc) is 3.34. The van der Waals surface area contributed by atoms with Crippen molar-refractivity contribution in [2.75, 3.05) is 7.11 Å². The average molecular weight is 506 g/mol. The zero-order chi connectivity index (χ0) is 23.6. The van der Waals surface area contributed by atoms with Gasteiger partial charge in [-0.25, -0.2) is 9.59 Å². The van der Waals surface area contributed by atoms with Gasteiger partial charge in [0, 0.05) is 16.9 Å². The van der Waals surface area contributed by atoms with E-state index in [1.165, 1.54) is 7.11 Å². The third-order valence-corrected chi connectivity index (χ3v) is 6.50. The molecule has 8 nitrogen and oxygen atoms in total. The minimum atomic E-state index is -0.811. The number of esters is 1. The summed E-state index contributed by atoms with van der Waals surface area (Å²) < 4.78 is 10.9. The van der Waals surface area contributed by atoms with Crippen molar-refractivity contribution in [3.63, 3.8) is 0 Å². The first-order valence-electron chi connectivity index (χ1n) is 10.6. The van der Waals surface area contributed by atoms with Crippen LogP contribution in [0.2, 0.25) is 0 Å². The summed E-state index contributed by atoms with van der Waals surface area (Å²) >= 11 is 3.31. The number of piperidine rings is 1. The van der Waals surface area contributed by atoms with E-state index in [1.54, 1.807) is 43.9 Å². The molecule has 3 unspecified atom stereocenters. The van der Waals surface area contributed by atoms with Gasteiger partial charge in [-0.3, -0.25) is 9.69 Å². The number of likely N-dealkylation sites (tertiary alicyclic amines) is 1. The lowest BCUT2D eigenvalue weighted by Crippen LogP contribution is -2.55. The molecule has 0 aromatic heterocycles.